The maximum atomic E-state index is 13.5. The Morgan fingerprint density at radius 3 is 2.29 bits per heavy atom. The molecule has 1 aromatic heterocycles. The molecule has 4 aromatic rings. The molecule has 0 saturated carbocycles. The molecule has 0 aliphatic carbocycles. The van der Waals surface area contributed by atoms with E-state index in [-0.39, 0.29) is 24.7 Å². The fourth-order valence-corrected chi connectivity index (χ4v) is 4.48. The zero-order valence-corrected chi connectivity index (χ0v) is 23.7. The van der Waals surface area contributed by atoms with Crippen LogP contribution in [0.25, 0.3) is 16.8 Å². The third kappa shape index (κ3) is 7.28. The van der Waals surface area contributed by atoms with Gasteiger partial charge in [0.05, 0.1) is 24.1 Å². The first-order valence-electron chi connectivity index (χ1n) is 13.3. The van der Waals surface area contributed by atoms with Gasteiger partial charge in [-0.2, -0.15) is 18.3 Å². The lowest BCUT2D eigenvalue weighted by Crippen LogP contribution is -2.42. The van der Waals surface area contributed by atoms with Crippen LogP contribution in [0.2, 0.25) is 0 Å². The fourth-order valence-electron chi connectivity index (χ4n) is 4.48. The van der Waals surface area contributed by atoms with Crippen molar-refractivity contribution < 1.29 is 27.5 Å². The maximum Gasteiger partial charge on any atom is 0.416 e. The largest absolute Gasteiger partial charge is 0.497 e. The summed E-state index contributed by atoms with van der Waals surface area (Å²) in [6.45, 7) is 5.44. The van der Waals surface area contributed by atoms with E-state index in [0.717, 1.165) is 17.7 Å². The van der Waals surface area contributed by atoms with Crippen molar-refractivity contribution in [1.82, 2.24) is 14.7 Å². The molecule has 0 saturated heterocycles. The SMILES string of the molecule is COc1ccc(-n2nc(C)c(-c3ccccc3)c2NC(=O)CN(CC(C)C)C(=O)Nc2cccc(C(F)(F)F)c2)cc1. The molecule has 4 rings (SSSR count). The van der Waals surface area contributed by atoms with Crippen molar-refractivity contribution in [1.29, 1.82) is 0 Å². The minimum absolute atomic E-state index is 0.0167. The monoisotopic (exact) mass is 579 g/mol. The molecule has 0 unspecified atom stereocenters. The number of rotatable bonds is 9. The molecule has 0 aliphatic heterocycles. The number of hydrogen-bond donors (Lipinski definition) is 2. The first kappa shape index (κ1) is 30.2. The van der Waals surface area contributed by atoms with Crippen molar-refractivity contribution in [3.05, 3.63) is 90.1 Å². The topological polar surface area (TPSA) is 88.5 Å². The third-order valence-electron chi connectivity index (χ3n) is 6.35. The molecular formula is C31H32F3N5O3. The molecule has 0 radical (unpaired) electrons. The highest BCUT2D eigenvalue weighted by molar-refractivity contribution is 5.99. The molecule has 0 atom stereocenters. The van der Waals surface area contributed by atoms with Gasteiger partial charge in [0.25, 0.3) is 0 Å². The Morgan fingerprint density at radius 1 is 0.976 bits per heavy atom. The highest BCUT2D eigenvalue weighted by Gasteiger charge is 2.31. The normalized spacial score (nSPS) is 11.3. The van der Waals surface area contributed by atoms with E-state index in [9.17, 15) is 22.8 Å². The smallest absolute Gasteiger partial charge is 0.416 e. The molecule has 3 aromatic carbocycles. The van der Waals surface area contributed by atoms with Crippen LogP contribution in [-0.4, -0.2) is 46.8 Å². The van der Waals surface area contributed by atoms with Crippen molar-refractivity contribution in [2.75, 3.05) is 30.8 Å². The highest BCUT2D eigenvalue weighted by Crippen LogP contribution is 2.34. The summed E-state index contributed by atoms with van der Waals surface area (Å²) in [5.41, 5.74) is 1.99. The van der Waals surface area contributed by atoms with Gasteiger partial charge in [-0.15, -0.1) is 0 Å². The van der Waals surface area contributed by atoms with Crippen LogP contribution in [0.1, 0.15) is 25.1 Å². The quantitative estimate of drug-likeness (QED) is 0.223. The van der Waals surface area contributed by atoms with Crippen molar-refractivity contribution >= 4 is 23.4 Å². The lowest BCUT2D eigenvalue weighted by molar-refractivity contribution is -0.137. The van der Waals surface area contributed by atoms with Crippen LogP contribution < -0.4 is 15.4 Å². The summed E-state index contributed by atoms with van der Waals surface area (Å²) < 4.78 is 46.4. The van der Waals surface area contributed by atoms with Crippen LogP contribution in [0.5, 0.6) is 5.75 Å². The number of nitrogens with one attached hydrogen (secondary N) is 2. The zero-order chi connectivity index (χ0) is 30.4. The summed E-state index contributed by atoms with van der Waals surface area (Å²) in [6, 6.07) is 20.3. The third-order valence-corrected chi connectivity index (χ3v) is 6.35. The number of methoxy groups -OCH3 is 1. The minimum Gasteiger partial charge on any atom is -0.497 e. The van der Waals surface area contributed by atoms with Gasteiger partial charge in [-0.25, -0.2) is 9.48 Å². The number of aryl methyl sites for hydroxylation is 1. The molecule has 8 nitrogen and oxygen atoms in total. The Hall–Kier alpha value is -4.80. The van der Waals surface area contributed by atoms with Gasteiger partial charge in [0.2, 0.25) is 5.91 Å². The van der Waals surface area contributed by atoms with E-state index in [1.165, 1.54) is 17.0 Å². The number of nitrogens with zero attached hydrogens (tertiary/aromatic N) is 3. The predicted octanol–water partition coefficient (Wildman–Crippen LogP) is 7.00. The van der Waals surface area contributed by atoms with Crippen molar-refractivity contribution in [2.24, 2.45) is 5.92 Å². The second kappa shape index (κ2) is 12.8. The lowest BCUT2D eigenvalue weighted by Gasteiger charge is -2.25. The second-order valence-electron chi connectivity index (χ2n) is 10.1. The van der Waals surface area contributed by atoms with Crippen molar-refractivity contribution in [3.63, 3.8) is 0 Å². The molecule has 0 bridgehead atoms. The van der Waals surface area contributed by atoms with Crippen LogP contribution in [-0.2, 0) is 11.0 Å². The Balaban J connectivity index is 1.62. The van der Waals surface area contributed by atoms with Gasteiger partial charge < -0.3 is 20.3 Å². The van der Waals surface area contributed by atoms with Gasteiger partial charge in [-0.1, -0.05) is 50.2 Å². The molecule has 220 valence electrons. The van der Waals surface area contributed by atoms with Crippen LogP contribution >= 0.6 is 0 Å². The molecule has 0 spiro atoms. The molecule has 3 amide bonds. The number of urea groups is 1. The number of amides is 3. The van der Waals surface area contributed by atoms with E-state index in [2.05, 4.69) is 15.7 Å². The predicted molar refractivity (Wildman–Crippen MR) is 156 cm³/mol. The van der Waals surface area contributed by atoms with E-state index in [1.807, 2.05) is 63.2 Å². The van der Waals surface area contributed by atoms with Crippen LogP contribution in [0, 0.1) is 12.8 Å². The first-order valence-corrected chi connectivity index (χ1v) is 13.3. The second-order valence-corrected chi connectivity index (χ2v) is 10.1. The highest BCUT2D eigenvalue weighted by atomic mass is 19.4. The van der Waals surface area contributed by atoms with Crippen molar-refractivity contribution in [3.8, 4) is 22.6 Å². The number of halogens is 3. The summed E-state index contributed by atoms with van der Waals surface area (Å²) in [4.78, 5) is 27.9. The molecular weight excluding hydrogens is 547 g/mol. The van der Waals surface area contributed by atoms with Crippen LogP contribution in [0.4, 0.5) is 29.5 Å². The molecule has 0 fully saturated rings. The number of carbonyl (C=O) groups is 2. The first-order chi connectivity index (χ1) is 20.0. The molecule has 42 heavy (non-hydrogen) atoms. The summed E-state index contributed by atoms with van der Waals surface area (Å²) in [5, 5.41) is 10.1. The Labute approximate surface area is 242 Å². The van der Waals surface area contributed by atoms with E-state index < -0.39 is 23.7 Å². The van der Waals surface area contributed by atoms with Gasteiger partial charge >= 0.3 is 12.2 Å². The van der Waals surface area contributed by atoms with Gasteiger partial charge in [-0.3, -0.25) is 4.79 Å². The Bertz CT molecular complexity index is 1530. The molecule has 2 N–H and O–H groups in total. The number of alkyl halides is 3. The van der Waals surface area contributed by atoms with Gasteiger partial charge in [-0.05, 0) is 60.9 Å². The number of aromatic nitrogens is 2. The number of ether oxygens (including phenoxy) is 1. The maximum absolute atomic E-state index is 13.5. The number of carbonyl (C=O) groups excluding carboxylic acids is 2. The Morgan fingerprint density at radius 2 is 1.67 bits per heavy atom. The van der Waals surface area contributed by atoms with Crippen LogP contribution in [0.15, 0.2) is 78.9 Å². The minimum atomic E-state index is -4.56. The van der Waals surface area contributed by atoms with E-state index in [4.69, 9.17) is 4.74 Å². The summed E-state index contributed by atoms with van der Waals surface area (Å²) in [5.74, 6) is 0.558. The summed E-state index contributed by atoms with van der Waals surface area (Å²) in [7, 11) is 1.57. The average molecular weight is 580 g/mol. The van der Waals surface area contributed by atoms with Gasteiger partial charge in [0, 0.05) is 17.8 Å². The fraction of sp³-hybridized carbons (Fsp3) is 0.258. The Kier molecular flexibility index (Phi) is 9.19. The van der Waals surface area contributed by atoms with Gasteiger partial charge in [0.1, 0.15) is 18.1 Å². The molecule has 0 aliphatic rings. The van der Waals surface area contributed by atoms with E-state index in [0.29, 0.717) is 28.5 Å². The summed E-state index contributed by atoms with van der Waals surface area (Å²) in [6.07, 6.45) is -4.56. The van der Waals surface area contributed by atoms with E-state index >= 15 is 0 Å². The standard InChI is InChI=1S/C31H32F3N5O3/c1-20(2)18-38(30(41)35-24-12-8-11-23(17-24)31(32,33)34)19-27(40)36-29-28(22-9-6-5-7-10-22)21(3)37-39(29)25-13-15-26(42-4)16-14-25/h5-17,20H,18-19H2,1-4H3,(H,35,41)(H,36,40). The zero-order valence-electron chi connectivity index (χ0n) is 23.7. The summed E-state index contributed by atoms with van der Waals surface area (Å²) >= 11 is 0. The van der Waals surface area contributed by atoms with E-state index in [1.54, 1.807) is 23.9 Å². The average Bonchev–Trinajstić information content (AvgIpc) is 3.27. The lowest BCUT2D eigenvalue weighted by atomic mass is 10.1. The van der Waals surface area contributed by atoms with Crippen molar-refractivity contribution in [2.45, 2.75) is 26.9 Å². The number of hydrogen-bond acceptors (Lipinski definition) is 4. The molecule has 11 heteroatoms. The number of benzene rings is 3. The van der Waals surface area contributed by atoms with Gasteiger partial charge in [0.15, 0.2) is 0 Å². The van der Waals surface area contributed by atoms with Crippen LogP contribution in [0.3, 0.4) is 0 Å². The number of anilines is 2. The molecule has 1 heterocycles.